The van der Waals surface area contributed by atoms with Crippen molar-refractivity contribution in [1.29, 1.82) is 0 Å². The van der Waals surface area contributed by atoms with Crippen molar-refractivity contribution in [2.45, 2.75) is 27.2 Å². The summed E-state index contributed by atoms with van der Waals surface area (Å²) >= 11 is 6.18. The highest BCUT2D eigenvalue weighted by Gasteiger charge is 2.08. The topological polar surface area (TPSA) is 41.1 Å². The Morgan fingerprint density at radius 2 is 1.73 bits per heavy atom. The minimum atomic E-state index is -0.235. The largest absolute Gasteiger partial charge is 0.338 e. The van der Waals surface area contributed by atoms with E-state index < -0.39 is 0 Å². The van der Waals surface area contributed by atoms with Crippen molar-refractivity contribution in [1.82, 2.24) is 5.32 Å². The molecule has 0 spiro atoms. The first kappa shape index (κ1) is 16.4. The van der Waals surface area contributed by atoms with Crippen LogP contribution in [-0.4, -0.2) is 12.6 Å². The minimum Gasteiger partial charge on any atom is -0.338 e. The highest BCUT2D eigenvalue weighted by molar-refractivity contribution is 6.34. The first-order valence-electron chi connectivity index (χ1n) is 7.33. The molecule has 0 aliphatic rings. The van der Waals surface area contributed by atoms with E-state index >= 15 is 0 Å². The summed E-state index contributed by atoms with van der Waals surface area (Å²) in [5.41, 5.74) is 5.14. The van der Waals surface area contributed by atoms with Crippen LogP contribution >= 0.6 is 11.6 Å². The average Bonchev–Trinajstić information content (AvgIpc) is 2.45. The third kappa shape index (κ3) is 4.50. The standard InChI is InChI=1S/C18H21ClN2O/c1-12-4-6-15(7-5-12)8-9-20-18(22)21-17-14(3)10-13(2)11-16(17)19/h4-7,10-11H,8-9H2,1-3H3,(H2,20,21,22). The number of hydrogen-bond donors (Lipinski definition) is 2. The number of anilines is 1. The van der Waals surface area contributed by atoms with E-state index in [9.17, 15) is 4.79 Å². The molecule has 2 aromatic carbocycles. The summed E-state index contributed by atoms with van der Waals surface area (Å²) in [7, 11) is 0. The third-order valence-corrected chi connectivity index (χ3v) is 3.79. The van der Waals surface area contributed by atoms with Gasteiger partial charge in [0.15, 0.2) is 0 Å². The van der Waals surface area contributed by atoms with Crippen LogP contribution in [0.25, 0.3) is 0 Å². The maximum absolute atomic E-state index is 12.0. The quantitative estimate of drug-likeness (QED) is 0.848. The molecule has 2 aromatic rings. The number of carbonyl (C=O) groups excluding carboxylic acids is 1. The van der Waals surface area contributed by atoms with Crippen LogP contribution in [0.1, 0.15) is 22.3 Å². The molecule has 0 bridgehead atoms. The van der Waals surface area contributed by atoms with Crippen LogP contribution < -0.4 is 10.6 Å². The van der Waals surface area contributed by atoms with Crippen LogP contribution in [0.15, 0.2) is 36.4 Å². The lowest BCUT2D eigenvalue weighted by Gasteiger charge is -2.12. The summed E-state index contributed by atoms with van der Waals surface area (Å²) in [6, 6.07) is 11.9. The van der Waals surface area contributed by atoms with Gasteiger partial charge in [-0.25, -0.2) is 4.79 Å². The van der Waals surface area contributed by atoms with Crippen molar-refractivity contribution in [3.05, 3.63) is 63.7 Å². The molecule has 0 aliphatic carbocycles. The zero-order valence-corrected chi connectivity index (χ0v) is 13.9. The summed E-state index contributed by atoms with van der Waals surface area (Å²) in [5, 5.41) is 6.23. The normalized spacial score (nSPS) is 10.4. The van der Waals surface area contributed by atoms with E-state index in [4.69, 9.17) is 11.6 Å². The van der Waals surface area contributed by atoms with E-state index in [1.54, 1.807) is 0 Å². The van der Waals surface area contributed by atoms with Crippen LogP contribution in [0.4, 0.5) is 10.5 Å². The SMILES string of the molecule is Cc1ccc(CCNC(=O)Nc2c(C)cc(C)cc2Cl)cc1. The van der Waals surface area contributed by atoms with Gasteiger partial charge in [-0.2, -0.15) is 0 Å². The van der Waals surface area contributed by atoms with Gasteiger partial charge in [0.1, 0.15) is 0 Å². The van der Waals surface area contributed by atoms with E-state index in [-0.39, 0.29) is 6.03 Å². The second-order valence-corrected chi connectivity index (χ2v) is 5.96. The van der Waals surface area contributed by atoms with E-state index in [2.05, 4.69) is 41.8 Å². The number of amides is 2. The van der Waals surface area contributed by atoms with Crippen molar-refractivity contribution in [3.63, 3.8) is 0 Å². The lowest BCUT2D eigenvalue weighted by Crippen LogP contribution is -2.30. The van der Waals surface area contributed by atoms with Gasteiger partial charge in [-0.15, -0.1) is 0 Å². The Kier molecular flexibility index (Phi) is 5.45. The van der Waals surface area contributed by atoms with Crippen molar-refractivity contribution in [3.8, 4) is 0 Å². The molecule has 3 nitrogen and oxygen atoms in total. The van der Waals surface area contributed by atoms with Gasteiger partial charge in [0.2, 0.25) is 0 Å². The monoisotopic (exact) mass is 316 g/mol. The fourth-order valence-electron chi connectivity index (χ4n) is 2.31. The molecule has 22 heavy (non-hydrogen) atoms. The smallest absolute Gasteiger partial charge is 0.319 e. The first-order chi connectivity index (χ1) is 10.5. The zero-order chi connectivity index (χ0) is 16.1. The van der Waals surface area contributed by atoms with E-state index in [1.807, 2.05) is 26.0 Å². The number of hydrogen-bond acceptors (Lipinski definition) is 1. The third-order valence-electron chi connectivity index (χ3n) is 3.49. The number of benzene rings is 2. The molecule has 4 heteroatoms. The maximum atomic E-state index is 12.0. The highest BCUT2D eigenvalue weighted by atomic mass is 35.5. The fraction of sp³-hybridized carbons (Fsp3) is 0.278. The van der Waals surface area contributed by atoms with E-state index in [1.165, 1.54) is 11.1 Å². The number of nitrogens with one attached hydrogen (secondary N) is 2. The number of aryl methyl sites for hydroxylation is 3. The predicted octanol–water partition coefficient (Wildman–Crippen LogP) is 4.63. The molecule has 0 heterocycles. The number of carbonyl (C=O) groups is 1. The van der Waals surface area contributed by atoms with Gasteiger partial charge in [0.25, 0.3) is 0 Å². The molecule has 0 radical (unpaired) electrons. The molecule has 0 unspecified atom stereocenters. The van der Waals surface area contributed by atoms with Gasteiger partial charge < -0.3 is 10.6 Å². The lowest BCUT2D eigenvalue weighted by molar-refractivity contribution is 0.252. The fourth-order valence-corrected chi connectivity index (χ4v) is 2.68. The molecule has 0 saturated carbocycles. The Labute approximate surface area is 136 Å². The number of urea groups is 1. The lowest BCUT2D eigenvalue weighted by atomic mass is 10.1. The van der Waals surface area contributed by atoms with Crippen molar-refractivity contribution in [2.24, 2.45) is 0 Å². The van der Waals surface area contributed by atoms with Crippen LogP contribution in [0.3, 0.4) is 0 Å². The first-order valence-corrected chi connectivity index (χ1v) is 7.70. The van der Waals surface area contributed by atoms with Gasteiger partial charge in [0, 0.05) is 6.54 Å². The van der Waals surface area contributed by atoms with Gasteiger partial charge >= 0.3 is 6.03 Å². The van der Waals surface area contributed by atoms with Crippen molar-refractivity contribution >= 4 is 23.3 Å². The second kappa shape index (κ2) is 7.32. The predicted molar refractivity (Wildman–Crippen MR) is 92.8 cm³/mol. The molecule has 0 fully saturated rings. The second-order valence-electron chi connectivity index (χ2n) is 5.56. The van der Waals surface area contributed by atoms with E-state index in [0.717, 1.165) is 17.5 Å². The Morgan fingerprint density at radius 3 is 2.36 bits per heavy atom. The minimum absolute atomic E-state index is 0.235. The summed E-state index contributed by atoms with van der Waals surface area (Å²) in [4.78, 5) is 12.0. The van der Waals surface area contributed by atoms with Gasteiger partial charge in [0.05, 0.1) is 10.7 Å². The highest BCUT2D eigenvalue weighted by Crippen LogP contribution is 2.27. The molecule has 0 aliphatic heterocycles. The summed E-state index contributed by atoms with van der Waals surface area (Å²) in [6.07, 6.45) is 0.800. The summed E-state index contributed by atoms with van der Waals surface area (Å²) < 4.78 is 0. The average molecular weight is 317 g/mol. The van der Waals surface area contributed by atoms with Crippen LogP contribution in [-0.2, 0) is 6.42 Å². The Balaban J connectivity index is 1.87. The van der Waals surface area contributed by atoms with Gasteiger partial charge in [-0.05, 0) is 49.9 Å². The molecule has 0 aromatic heterocycles. The van der Waals surface area contributed by atoms with E-state index in [0.29, 0.717) is 17.3 Å². The summed E-state index contributed by atoms with van der Waals surface area (Å²) in [6.45, 7) is 6.55. The molecule has 2 amide bonds. The molecule has 116 valence electrons. The van der Waals surface area contributed by atoms with Crippen molar-refractivity contribution < 1.29 is 4.79 Å². The van der Waals surface area contributed by atoms with Crippen LogP contribution in [0.5, 0.6) is 0 Å². The van der Waals surface area contributed by atoms with Crippen LogP contribution in [0.2, 0.25) is 5.02 Å². The van der Waals surface area contributed by atoms with Gasteiger partial charge in [-0.3, -0.25) is 0 Å². The summed E-state index contributed by atoms with van der Waals surface area (Å²) in [5.74, 6) is 0. The molecule has 0 atom stereocenters. The maximum Gasteiger partial charge on any atom is 0.319 e. The molecule has 2 rings (SSSR count). The zero-order valence-electron chi connectivity index (χ0n) is 13.2. The van der Waals surface area contributed by atoms with Crippen LogP contribution in [0, 0.1) is 20.8 Å². The Morgan fingerprint density at radius 1 is 1.05 bits per heavy atom. The molecular formula is C18H21ClN2O. The number of halogens is 1. The number of rotatable bonds is 4. The van der Waals surface area contributed by atoms with Crippen molar-refractivity contribution in [2.75, 3.05) is 11.9 Å². The molecule has 0 saturated heterocycles. The Bertz CT molecular complexity index is 642. The molecular weight excluding hydrogens is 296 g/mol. The Hall–Kier alpha value is -2.00. The molecule has 2 N–H and O–H groups in total. The van der Waals surface area contributed by atoms with Gasteiger partial charge in [-0.1, -0.05) is 47.5 Å².